The van der Waals surface area contributed by atoms with Crippen molar-refractivity contribution in [1.29, 1.82) is 0 Å². The Bertz CT molecular complexity index is 567. The number of carbonyl (C=O) groups excluding carboxylic acids is 1. The smallest absolute Gasteiger partial charge is 0.241 e. The Balaban J connectivity index is 1.82. The first kappa shape index (κ1) is 14.7. The van der Waals surface area contributed by atoms with Crippen LogP contribution in [0.1, 0.15) is 12.8 Å². The largest absolute Gasteiger partial charge is 0.361 e. The number of carbonyl (C=O) groups is 1. The van der Waals surface area contributed by atoms with Gasteiger partial charge in [0.05, 0.1) is 6.54 Å². The molecule has 0 spiro atoms. The van der Waals surface area contributed by atoms with Crippen molar-refractivity contribution in [2.24, 2.45) is 5.92 Å². The average molecular weight is 298 g/mol. The Kier molecular flexibility index (Phi) is 4.56. The number of rotatable bonds is 7. The second kappa shape index (κ2) is 6.19. The van der Waals surface area contributed by atoms with Crippen molar-refractivity contribution in [3.8, 4) is 0 Å². The van der Waals surface area contributed by atoms with E-state index < -0.39 is 10.0 Å². The monoisotopic (exact) mass is 298 g/mol. The highest BCUT2D eigenvalue weighted by atomic mass is 32.2. The van der Waals surface area contributed by atoms with Gasteiger partial charge in [-0.05, 0) is 37.9 Å². The molecule has 7 nitrogen and oxygen atoms in total. The standard InChI is InChI=1S/C12H18N4O3S/c1-13-20(18,19)10-4-5-11(14-7-10)15-8-12(17)16-6-9-2-3-9/h4-5,7,9,13H,2-3,6,8H2,1H3,(H,14,15)(H,16,17). The van der Waals surface area contributed by atoms with Crippen LogP contribution in [0.3, 0.4) is 0 Å². The number of hydrogen-bond donors (Lipinski definition) is 3. The molecule has 0 bridgehead atoms. The predicted molar refractivity (Wildman–Crippen MR) is 74.7 cm³/mol. The third kappa shape index (κ3) is 4.17. The van der Waals surface area contributed by atoms with E-state index >= 15 is 0 Å². The Morgan fingerprint density at radius 1 is 1.40 bits per heavy atom. The maximum Gasteiger partial charge on any atom is 0.241 e. The average Bonchev–Trinajstić information content (AvgIpc) is 3.27. The van der Waals surface area contributed by atoms with Crippen LogP contribution in [-0.2, 0) is 14.8 Å². The molecule has 1 heterocycles. The lowest BCUT2D eigenvalue weighted by molar-refractivity contribution is -0.119. The quantitative estimate of drug-likeness (QED) is 0.654. The molecule has 1 aliphatic rings. The number of hydrogen-bond acceptors (Lipinski definition) is 5. The van der Waals surface area contributed by atoms with E-state index in [4.69, 9.17) is 0 Å². The second-order valence-electron chi connectivity index (χ2n) is 4.69. The van der Waals surface area contributed by atoms with Gasteiger partial charge in [0.1, 0.15) is 10.7 Å². The molecule has 2 rings (SSSR count). The number of nitrogens with one attached hydrogen (secondary N) is 3. The number of amides is 1. The molecule has 0 aromatic carbocycles. The van der Waals surface area contributed by atoms with Crippen LogP contribution in [0, 0.1) is 5.92 Å². The molecular formula is C12H18N4O3S. The molecule has 1 aliphatic carbocycles. The molecule has 0 aliphatic heterocycles. The van der Waals surface area contributed by atoms with Gasteiger partial charge in [-0.25, -0.2) is 18.1 Å². The highest BCUT2D eigenvalue weighted by Gasteiger charge is 2.21. The maximum atomic E-state index is 11.5. The van der Waals surface area contributed by atoms with E-state index in [1.807, 2.05) is 0 Å². The number of aromatic nitrogens is 1. The Labute approximate surface area is 118 Å². The molecule has 1 aromatic heterocycles. The fraction of sp³-hybridized carbons (Fsp3) is 0.500. The molecule has 0 unspecified atom stereocenters. The van der Waals surface area contributed by atoms with Crippen LogP contribution >= 0.6 is 0 Å². The molecule has 1 aromatic rings. The second-order valence-corrected chi connectivity index (χ2v) is 6.57. The summed E-state index contributed by atoms with van der Waals surface area (Å²) in [6, 6.07) is 2.96. The number of pyridine rings is 1. The molecular weight excluding hydrogens is 280 g/mol. The molecule has 1 saturated carbocycles. The predicted octanol–water partition coefficient (Wildman–Crippen LogP) is -0.0722. The minimum atomic E-state index is -3.48. The fourth-order valence-corrected chi connectivity index (χ4v) is 2.25. The van der Waals surface area contributed by atoms with Crippen LogP contribution in [0.5, 0.6) is 0 Å². The molecule has 8 heteroatoms. The van der Waals surface area contributed by atoms with E-state index in [0.717, 1.165) is 6.54 Å². The van der Waals surface area contributed by atoms with Crippen molar-refractivity contribution in [2.75, 3.05) is 25.5 Å². The van der Waals surface area contributed by atoms with E-state index in [1.165, 1.54) is 38.2 Å². The molecule has 0 radical (unpaired) electrons. The van der Waals surface area contributed by atoms with Crippen molar-refractivity contribution in [3.05, 3.63) is 18.3 Å². The summed E-state index contributed by atoms with van der Waals surface area (Å²) < 4.78 is 25.2. The number of nitrogens with zero attached hydrogens (tertiary/aromatic N) is 1. The summed E-state index contributed by atoms with van der Waals surface area (Å²) >= 11 is 0. The van der Waals surface area contributed by atoms with Gasteiger partial charge in [0.15, 0.2) is 0 Å². The highest BCUT2D eigenvalue weighted by Crippen LogP contribution is 2.27. The lowest BCUT2D eigenvalue weighted by Gasteiger charge is -2.07. The van der Waals surface area contributed by atoms with Crippen LogP contribution in [-0.4, -0.2) is 39.4 Å². The van der Waals surface area contributed by atoms with E-state index in [9.17, 15) is 13.2 Å². The van der Waals surface area contributed by atoms with Gasteiger partial charge in [-0.15, -0.1) is 0 Å². The van der Waals surface area contributed by atoms with Crippen LogP contribution in [0.25, 0.3) is 0 Å². The summed E-state index contributed by atoms with van der Waals surface area (Å²) in [5.41, 5.74) is 0. The third-order valence-electron chi connectivity index (χ3n) is 3.03. The zero-order valence-corrected chi connectivity index (χ0v) is 12.0. The van der Waals surface area contributed by atoms with E-state index in [-0.39, 0.29) is 17.3 Å². The number of sulfonamides is 1. The molecule has 0 atom stereocenters. The molecule has 0 saturated heterocycles. The van der Waals surface area contributed by atoms with E-state index in [1.54, 1.807) is 0 Å². The lowest BCUT2D eigenvalue weighted by Crippen LogP contribution is -2.31. The normalized spacial score (nSPS) is 14.8. The van der Waals surface area contributed by atoms with Gasteiger partial charge in [0.2, 0.25) is 15.9 Å². The van der Waals surface area contributed by atoms with Crippen molar-refractivity contribution >= 4 is 21.7 Å². The van der Waals surface area contributed by atoms with Crippen molar-refractivity contribution in [1.82, 2.24) is 15.0 Å². The first-order chi connectivity index (χ1) is 9.51. The first-order valence-electron chi connectivity index (χ1n) is 6.41. The Morgan fingerprint density at radius 3 is 2.70 bits per heavy atom. The SMILES string of the molecule is CNS(=O)(=O)c1ccc(NCC(=O)NCC2CC2)nc1. The number of anilines is 1. The maximum absolute atomic E-state index is 11.5. The molecule has 3 N–H and O–H groups in total. The van der Waals surface area contributed by atoms with Gasteiger partial charge in [-0.1, -0.05) is 0 Å². The third-order valence-corrected chi connectivity index (χ3v) is 4.43. The van der Waals surface area contributed by atoms with Gasteiger partial charge in [0.25, 0.3) is 0 Å². The zero-order valence-electron chi connectivity index (χ0n) is 11.2. The zero-order chi connectivity index (χ0) is 14.6. The van der Waals surface area contributed by atoms with Gasteiger partial charge in [-0.3, -0.25) is 4.79 Å². The van der Waals surface area contributed by atoms with Crippen molar-refractivity contribution in [3.63, 3.8) is 0 Å². The van der Waals surface area contributed by atoms with Gasteiger partial charge < -0.3 is 10.6 Å². The minimum Gasteiger partial charge on any atom is -0.361 e. The molecule has 20 heavy (non-hydrogen) atoms. The van der Waals surface area contributed by atoms with Crippen LogP contribution in [0.2, 0.25) is 0 Å². The highest BCUT2D eigenvalue weighted by molar-refractivity contribution is 7.89. The summed E-state index contributed by atoms with van der Waals surface area (Å²) in [5.74, 6) is 1.01. The summed E-state index contributed by atoms with van der Waals surface area (Å²) in [6.07, 6.45) is 3.63. The van der Waals surface area contributed by atoms with Crippen LogP contribution in [0.4, 0.5) is 5.82 Å². The summed E-state index contributed by atoms with van der Waals surface area (Å²) in [7, 11) is -2.14. The van der Waals surface area contributed by atoms with Gasteiger partial charge >= 0.3 is 0 Å². The first-order valence-corrected chi connectivity index (χ1v) is 7.90. The van der Waals surface area contributed by atoms with Crippen molar-refractivity contribution in [2.45, 2.75) is 17.7 Å². The Morgan fingerprint density at radius 2 is 2.15 bits per heavy atom. The fourth-order valence-electron chi connectivity index (χ4n) is 1.58. The van der Waals surface area contributed by atoms with Gasteiger partial charge in [0, 0.05) is 12.7 Å². The van der Waals surface area contributed by atoms with Crippen LogP contribution < -0.4 is 15.4 Å². The van der Waals surface area contributed by atoms with Crippen LogP contribution in [0.15, 0.2) is 23.2 Å². The topological polar surface area (TPSA) is 100 Å². The molecule has 1 amide bonds. The molecule has 110 valence electrons. The van der Waals surface area contributed by atoms with Crippen molar-refractivity contribution < 1.29 is 13.2 Å². The van der Waals surface area contributed by atoms with Gasteiger partial charge in [-0.2, -0.15) is 0 Å². The summed E-state index contributed by atoms with van der Waals surface area (Å²) in [5, 5.41) is 5.67. The van der Waals surface area contributed by atoms with E-state index in [2.05, 4.69) is 20.3 Å². The summed E-state index contributed by atoms with van der Waals surface area (Å²) in [6.45, 7) is 0.852. The lowest BCUT2D eigenvalue weighted by atomic mass is 10.4. The Hall–Kier alpha value is -1.67. The summed E-state index contributed by atoms with van der Waals surface area (Å²) in [4.78, 5) is 15.6. The minimum absolute atomic E-state index is 0.0868. The van der Waals surface area contributed by atoms with E-state index in [0.29, 0.717) is 11.7 Å². The molecule has 1 fully saturated rings.